The summed E-state index contributed by atoms with van der Waals surface area (Å²) < 4.78 is 48.0. The van der Waals surface area contributed by atoms with Crippen LogP contribution in [0.5, 0.6) is 0 Å². The summed E-state index contributed by atoms with van der Waals surface area (Å²) in [5.41, 5.74) is -0.699. The summed E-state index contributed by atoms with van der Waals surface area (Å²) in [5, 5.41) is 1.88. The molecule has 1 aliphatic carbocycles. The van der Waals surface area contributed by atoms with Gasteiger partial charge in [0.25, 0.3) is 5.91 Å². The molecule has 76 valence electrons. The Labute approximate surface area is 72.3 Å². The van der Waals surface area contributed by atoms with Crippen molar-refractivity contribution in [2.45, 2.75) is 37.7 Å². The summed E-state index contributed by atoms with van der Waals surface area (Å²) >= 11 is 0. The minimum atomic E-state index is -4.58. The molecule has 0 aromatic carbocycles. The summed E-state index contributed by atoms with van der Waals surface area (Å²) in [4.78, 5) is 10.6. The van der Waals surface area contributed by atoms with Gasteiger partial charge in [-0.3, -0.25) is 4.79 Å². The predicted octanol–water partition coefficient (Wildman–Crippen LogP) is 1.56. The van der Waals surface area contributed by atoms with E-state index < -0.39 is 23.8 Å². The normalized spacial score (nSPS) is 20.2. The fourth-order valence-corrected chi connectivity index (χ4v) is 0.769. The largest absolute Gasteiger partial charge is 0.383 e. The molecular formula is C7H9F4NO. The third-order valence-electron chi connectivity index (χ3n) is 1.99. The first-order chi connectivity index (χ1) is 5.78. The van der Waals surface area contributed by atoms with Gasteiger partial charge in [-0.1, -0.05) is 0 Å². The van der Waals surface area contributed by atoms with Crippen LogP contribution in [0.4, 0.5) is 17.6 Å². The Morgan fingerprint density at radius 3 is 2.23 bits per heavy atom. The molecule has 1 N–H and O–H groups in total. The molecule has 0 aromatic heterocycles. The van der Waals surface area contributed by atoms with Crippen LogP contribution in [0.1, 0.15) is 19.8 Å². The molecule has 1 amide bonds. The lowest BCUT2D eigenvalue weighted by Gasteiger charge is -2.18. The van der Waals surface area contributed by atoms with Gasteiger partial charge in [-0.15, -0.1) is 0 Å². The number of amides is 1. The van der Waals surface area contributed by atoms with Gasteiger partial charge >= 0.3 is 12.3 Å². The molecule has 0 spiro atoms. The van der Waals surface area contributed by atoms with Gasteiger partial charge < -0.3 is 5.32 Å². The Bertz CT molecular complexity index is 225. The van der Waals surface area contributed by atoms with Crippen LogP contribution in [0.2, 0.25) is 0 Å². The van der Waals surface area contributed by atoms with Crippen molar-refractivity contribution >= 4 is 5.91 Å². The lowest BCUT2D eigenvalue weighted by atomic mass is 10.2. The first-order valence-electron chi connectivity index (χ1n) is 3.76. The van der Waals surface area contributed by atoms with E-state index in [9.17, 15) is 22.4 Å². The van der Waals surface area contributed by atoms with Crippen molar-refractivity contribution in [1.82, 2.24) is 5.32 Å². The molecule has 0 saturated heterocycles. The monoisotopic (exact) mass is 199 g/mol. The minimum absolute atomic E-state index is 0.554. The van der Waals surface area contributed by atoms with Crippen molar-refractivity contribution in [3.05, 3.63) is 0 Å². The summed E-state index contributed by atoms with van der Waals surface area (Å²) in [6.45, 7) is 1.53. The number of nitrogens with one attached hydrogen (secondary N) is 1. The minimum Gasteiger partial charge on any atom is -0.346 e. The Kier molecular flexibility index (Phi) is 2.25. The predicted molar refractivity (Wildman–Crippen MR) is 36.7 cm³/mol. The Morgan fingerprint density at radius 2 is 1.92 bits per heavy atom. The van der Waals surface area contributed by atoms with Crippen LogP contribution in [0.25, 0.3) is 0 Å². The number of rotatable bonds is 3. The van der Waals surface area contributed by atoms with Crippen LogP contribution < -0.4 is 5.32 Å². The SMILES string of the molecule is CC1(NC(=O)C(F)(F)C(F)F)CC1. The van der Waals surface area contributed by atoms with Gasteiger partial charge in [0.15, 0.2) is 0 Å². The topological polar surface area (TPSA) is 29.1 Å². The van der Waals surface area contributed by atoms with E-state index in [-0.39, 0.29) is 0 Å². The van der Waals surface area contributed by atoms with E-state index in [0.717, 1.165) is 0 Å². The second-order valence-corrected chi connectivity index (χ2v) is 3.44. The van der Waals surface area contributed by atoms with Crippen LogP contribution in [0.3, 0.4) is 0 Å². The highest BCUT2D eigenvalue weighted by atomic mass is 19.3. The molecule has 0 radical (unpaired) electrons. The van der Waals surface area contributed by atoms with Gasteiger partial charge in [-0.05, 0) is 19.8 Å². The number of hydrogen-bond acceptors (Lipinski definition) is 1. The maximum atomic E-state index is 12.3. The lowest BCUT2D eigenvalue weighted by Crippen LogP contribution is -2.49. The van der Waals surface area contributed by atoms with Crippen LogP contribution in [0, 0.1) is 0 Å². The highest BCUT2D eigenvalue weighted by Gasteiger charge is 2.52. The van der Waals surface area contributed by atoms with Gasteiger partial charge in [-0.25, -0.2) is 8.78 Å². The van der Waals surface area contributed by atoms with Crippen LogP contribution in [-0.4, -0.2) is 23.8 Å². The fourth-order valence-electron chi connectivity index (χ4n) is 0.769. The molecule has 13 heavy (non-hydrogen) atoms. The van der Waals surface area contributed by atoms with Crippen molar-refractivity contribution in [1.29, 1.82) is 0 Å². The lowest BCUT2D eigenvalue weighted by molar-refractivity contribution is -0.170. The Balaban J connectivity index is 2.56. The van der Waals surface area contributed by atoms with Gasteiger partial charge in [0.2, 0.25) is 0 Å². The van der Waals surface area contributed by atoms with Crippen molar-refractivity contribution in [2.24, 2.45) is 0 Å². The van der Waals surface area contributed by atoms with Gasteiger partial charge in [0.05, 0.1) is 0 Å². The molecular weight excluding hydrogens is 190 g/mol. The van der Waals surface area contributed by atoms with Crippen LogP contribution >= 0.6 is 0 Å². The molecule has 1 fully saturated rings. The second kappa shape index (κ2) is 2.85. The number of alkyl halides is 4. The van der Waals surface area contributed by atoms with E-state index >= 15 is 0 Å². The third-order valence-corrected chi connectivity index (χ3v) is 1.99. The number of hydrogen-bond donors (Lipinski definition) is 1. The molecule has 0 unspecified atom stereocenters. The molecule has 0 aromatic rings. The summed E-state index contributed by atoms with van der Waals surface area (Å²) in [6.07, 6.45) is -2.84. The first-order valence-corrected chi connectivity index (χ1v) is 3.76. The van der Waals surface area contributed by atoms with E-state index in [2.05, 4.69) is 0 Å². The van der Waals surface area contributed by atoms with E-state index in [1.165, 1.54) is 6.92 Å². The standard InChI is InChI=1S/C7H9F4NO/c1-6(2-3-6)12-5(13)7(10,11)4(8)9/h4H,2-3H2,1H3,(H,12,13). The van der Waals surface area contributed by atoms with Crippen molar-refractivity contribution in [3.63, 3.8) is 0 Å². The Hall–Kier alpha value is -0.810. The molecule has 0 atom stereocenters. The number of carbonyl (C=O) groups excluding carboxylic acids is 1. The van der Waals surface area contributed by atoms with E-state index in [4.69, 9.17) is 0 Å². The molecule has 0 aliphatic heterocycles. The van der Waals surface area contributed by atoms with Crippen molar-refractivity contribution in [3.8, 4) is 0 Å². The smallest absolute Gasteiger partial charge is 0.346 e. The van der Waals surface area contributed by atoms with Crippen molar-refractivity contribution in [2.75, 3.05) is 0 Å². The number of carbonyl (C=O) groups is 1. The number of halogens is 4. The summed E-state index contributed by atoms with van der Waals surface area (Å²) in [5.74, 6) is -6.46. The molecule has 2 nitrogen and oxygen atoms in total. The zero-order chi connectivity index (χ0) is 10.3. The molecule has 1 aliphatic rings. The van der Waals surface area contributed by atoms with Crippen LogP contribution in [-0.2, 0) is 4.79 Å². The fraction of sp³-hybridized carbons (Fsp3) is 0.857. The van der Waals surface area contributed by atoms with E-state index in [1.807, 2.05) is 5.32 Å². The van der Waals surface area contributed by atoms with Gasteiger partial charge in [0.1, 0.15) is 0 Å². The molecule has 0 heterocycles. The molecule has 6 heteroatoms. The highest BCUT2D eigenvalue weighted by molar-refractivity contribution is 5.84. The molecule has 1 saturated carbocycles. The first kappa shape index (κ1) is 10.3. The highest BCUT2D eigenvalue weighted by Crippen LogP contribution is 2.35. The average Bonchev–Trinajstić information content (AvgIpc) is 2.67. The average molecular weight is 199 g/mol. The maximum Gasteiger partial charge on any atom is 0.383 e. The van der Waals surface area contributed by atoms with Crippen molar-refractivity contribution < 1.29 is 22.4 Å². The zero-order valence-corrected chi connectivity index (χ0v) is 6.91. The second-order valence-electron chi connectivity index (χ2n) is 3.44. The van der Waals surface area contributed by atoms with Gasteiger partial charge in [-0.2, -0.15) is 8.78 Å². The summed E-state index contributed by atoms with van der Waals surface area (Å²) in [7, 11) is 0. The summed E-state index contributed by atoms with van der Waals surface area (Å²) in [6, 6.07) is 0. The molecule has 0 bridgehead atoms. The van der Waals surface area contributed by atoms with Crippen LogP contribution in [0.15, 0.2) is 0 Å². The van der Waals surface area contributed by atoms with Gasteiger partial charge in [0, 0.05) is 5.54 Å². The van der Waals surface area contributed by atoms with E-state index in [1.54, 1.807) is 0 Å². The zero-order valence-electron chi connectivity index (χ0n) is 6.91. The third kappa shape index (κ3) is 2.10. The Morgan fingerprint density at radius 1 is 1.46 bits per heavy atom. The maximum absolute atomic E-state index is 12.3. The molecule has 1 rings (SSSR count). The quantitative estimate of drug-likeness (QED) is 0.686. The van der Waals surface area contributed by atoms with E-state index in [0.29, 0.717) is 12.8 Å².